The van der Waals surface area contributed by atoms with Gasteiger partial charge in [-0.25, -0.2) is 18.5 Å². The van der Waals surface area contributed by atoms with Gasteiger partial charge in [0.05, 0.1) is 21.6 Å². The molecule has 1 unspecified atom stereocenters. The maximum absolute atomic E-state index is 12.3. The van der Waals surface area contributed by atoms with E-state index >= 15 is 0 Å². The first kappa shape index (κ1) is 18.3. The Balaban J connectivity index is 2.09. The van der Waals surface area contributed by atoms with Crippen molar-refractivity contribution in [2.45, 2.75) is 24.8 Å². The lowest BCUT2D eigenvalue weighted by molar-refractivity contribution is -0.126. The molecule has 0 aliphatic carbocycles. The van der Waals surface area contributed by atoms with Gasteiger partial charge in [0.1, 0.15) is 0 Å². The van der Waals surface area contributed by atoms with Crippen LogP contribution in [0.4, 0.5) is 0 Å². The molecule has 1 amide bonds. The van der Waals surface area contributed by atoms with Crippen molar-refractivity contribution >= 4 is 33.3 Å². The molecular formula is C16H19N3O3S2. The average Bonchev–Trinajstić information content (AvgIpc) is 2.96. The van der Waals surface area contributed by atoms with Crippen molar-refractivity contribution < 1.29 is 13.2 Å². The number of carbonyl (C=O) groups is 1. The van der Waals surface area contributed by atoms with Crippen LogP contribution in [0.5, 0.6) is 0 Å². The van der Waals surface area contributed by atoms with Crippen molar-refractivity contribution in [1.29, 1.82) is 0 Å². The number of aromatic nitrogens is 1. The number of amides is 1. The Labute approximate surface area is 145 Å². The predicted octanol–water partition coefficient (Wildman–Crippen LogP) is 2.33. The van der Waals surface area contributed by atoms with E-state index in [9.17, 15) is 13.2 Å². The Kier molecular flexibility index (Phi) is 5.53. The molecule has 2 rings (SSSR count). The van der Waals surface area contributed by atoms with Gasteiger partial charge in [-0.1, -0.05) is 12.1 Å². The summed E-state index contributed by atoms with van der Waals surface area (Å²) in [4.78, 5) is 18.2. The normalized spacial score (nSPS) is 13.2. The minimum atomic E-state index is -3.72. The summed E-state index contributed by atoms with van der Waals surface area (Å²) in [7, 11) is -2.03. The zero-order valence-electron chi connectivity index (χ0n) is 13.6. The number of nitrogens with two attached hydrogens (primary N) is 1. The maximum atomic E-state index is 12.3. The van der Waals surface area contributed by atoms with E-state index < -0.39 is 10.0 Å². The molecule has 2 aromatic rings. The quantitative estimate of drug-likeness (QED) is 0.823. The number of carbonyl (C=O) groups excluding carboxylic acids is 1. The highest BCUT2D eigenvalue weighted by Crippen LogP contribution is 2.21. The highest BCUT2D eigenvalue weighted by molar-refractivity contribution is 7.89. The second-order valence-electron chi connectivity index (χ2n) is 5.36. The molecule has 2 N–H and O–H groups in total. The van der Waals surface area contributed by atoms with Crippen LogP contribution in [0.25, 0.3) is 6.08 Å². The average molecular weight is 365 g/mol. The second kappa shape index (κ2) is 7.25. The number of primary sulfonamides is 1. The molecule has 1 heterocycles. The number of aryl methyl sites for hydroxylation is 1. The van der Waals surface area contributed by atoms with E-state index in [1.807, 2.05) is 19.2 Å². The minimum absolute atomic E-state index is 0.0474. The largest absolute Gasteiger partial charge is 0.335 e. The van der Waals surface area contributed by atoms with Gasteiger partial charge in [0.15, 0.2) is 0 Å². The first-order valence-corrected chi connectivity index (χ1v) is 9.61. The van der Waals surface area contributed by atoms with Crippen LogP contribution in [0.1, 0.15) is 29.2 Å². The van der Waals surface area contributed by atoms with E-state index in [1.165, 1.54) is 29.5 Å². The van der Waals surface area contributed by atoms with Gasteiger partial charge in [-0.05, 0) is 37.6 Å². The predicted molar refractivity (Wildman–Crippen MR) is 94.9 cm³/mol. The van der Waals surface area contributed by atoms with Crippen molar-refractivity contribution in [2.24, 2.45) is 5.14 Å². The zero-order chi connectivity index (χ0) is 17.9. The van der Waals surface area contributed by atoms with Crippen LogP contribution >= 0.6 is 11.3 Å². The van der Waals surface area contributed by atoms with E-state index in [4.69, 9.17) is 5.14 Å². The fraction of sp³-hybridized carbons (Fsp3) is 0.250. The van der Waals surface area contributed by atoms with E-state index in [-0.39, 0.29) is 16.8 Å². The van der Waals surface area contributed by atoms with E-state index in [2.05, 4.69) is 4.98 Å². The fourth-order valence-electron chi connectivity index (χ4n) is 2.08. The Bertz CT molecular complexity index is 855. The molecule has 0 bridgehead atoms. The number of likely N-dealkylation sites (N-methyl/N-ethyl adjacent to an activating group) is 1. The number of benzene rings is 1. The molecule has 6 nitrogen and oxygen atoms in total. The third-order valence-corrected chi connectivity index (χ3v) is 5.37. The number of nitrogens with zero attached hydrogens (tertiary/aromatic N) is 2. The standard InChI is InChI=1S/C16H19N3O3S2/c1-11(13-4-7-15(8-5-13)24(17,21)22)19(3)16(20)9-6-14-10-23-12(2)18-14/h4-11H,1-3H3,(H2,17,21,22)/b9-6+. The maximum Gasteiger partial charge on any atom is 0.246 e. The topological polar surface area (TPSA) is 93.4 Å². The van der Waals surface area contributed by atoms with E-state index in [0.717, 1.165) is 16.3 Å². The monoisotopic (exact) mass is 365 g/mol. The molecule has 128 valence electrons. The van der Waals surface area contributed by atoms with Gasteiger partial charge in [-0.3, -0.25) is 4.79 Å². The summed E-state index contributed by atoms with van der Waals surface area (Å²) in [6, 6.07) is 5.97. The Hall–Kier alpha value is -2.03. The first-order valence-electron chi connectivity index (χ1n) is 7.18. The van der Waals surface area contributed by atoms with Crippen molar-refractivity contribution in [1.82, 2.24) is 9.88 Å². The molecule has 0 fully saturated rings. The van der Waals surface area contributed by atoms with Crippen LogP contribution in [0.15, 0.2) is 40.6 Å². The molecule has 24 heavy (non-hydrogen) atoms. The summed E-state index contributed by atoms with van der Waals surface area (Å²) >= 11 is 1.52. The van der Waals surface area contributed by atoms with Crippen molar-refractivity contribution in [3.05, 3.63) is 52.0 Å². The number of hydrogen-bond donors (Lipinski definition) is 1. The summed E-state index contributed by atoms with van der Waals surface area (Å²) in [6.07, 6.45) is 3.16. The summed E-state index contributed by atoms with van der Waals surface area (Å²) in [5.74, 6) is -0.163. The lowest BCUT2D eigenvalue weighted by Gasteiger charge is -2.24. The lowest BCUT2D eigenvalue weighted by atomic mass is 10.1. The molecule has 1 aromatic heterocycles. The molecular weight excluding hydrogens is 346 g/mol. The van der Waals surface area contributed by atoms with Gasteiger partial charge < -0.3 is 4.90 Å². The summed E-state index contributed by atoms with van der Waals surface area (Å²) < 4.78 is 22.6. The molecule has 0 spiro atoms. The van der Waals surface area contributed by atoms with Crippen LogP contribution < -0.4 is 5.14 Å². The number of rotatable bonds is 5. The van der Waals surface area contributed by atoms with Crippen molar-refractivity contribution in [2.75, 3.05) is 7.05 Å². The Morgan fingerprint density at radius 2 is 1.96 bits per heavy atom. The minimum Gasteiger partial charge on any atom is -0.335 e. The Morgan fingerprint density at radius 1 is 1.33 bits per heavy atom. The molecule has 8 heteroatoms. The van der Waals surface area contributed by atoms with E-state index in [0.29, 0.717) is 0 Å². The summed E-state index contributed by atoms with van der Waals surface area (Å²) in [6.45, 7) is 3.77. The van der Waals surface area contributed by atoms with Crippen LogP contribution in [0.2, 0.25) is 0 Å². The molecule has 1 atom stereocenters. The number of thiazole rings is 1. The lowest BCUT2D eigenvalue weighted by Crippen LogP contribution is -2.28. The summed E-state index contributed by atoms with van der Waals surface area (Å²) in [5.41, 5.74) is 1.57. The van der Waals surface area contributed by atoms with Crippen molar-refractivity contribution in [3.8, 4) is 0 Å². The van der Waals surface area contributed by atoms with Crippen LogP contribution in [0.3, 0.4) is 0 Å². The van der Waals surface area contributed by atoms with Gasteiger partial charge >= 0.3 is 0 Å². The van der Waals surface area contributed by atoms with Gasteiger partial charge in [-0.2, -0.15) is 0 Å². The molecule has 0 radical (unpaired) electrons. The second-order valence-corrected chi connectivity index (χ2v) is 7.99. The SMILES string of the molecule is Cc1nc(/C=C/C(=O)N(C)C(C)c2ccc(S(N)(=O)=O)cc2)cs1. The Morgan fingerprint density at radius 3 is 2.46 bits per heavy atom. The van der Waals surface area contributed by atoms with Crippen LogP contribution in [-0.2, 0) is 14.8 Å². The van der Waals surface area contributed by atoms with Crippen LogP contribution in [-0.4, -0.2) is 31.3 Å². The third-order valence-electron chi connectivity index (χ3n) is 3.65. The number of hydrogen-bond acceptors (Lipinski definition) is 5. The molecule has 0 saturated heterocycles. The first-order chi connectivity index (χ1) is 11.2. The van der Waals surface area contributed by atoms with Gasteiger partial charge in [0.25, 0.3) is 0 Å². The highest BCUT2D eigenvalue weighted by atomic mass is 32.2. The van der Waals surface area contributed by atoms with Gasteiger partial charge in [-0.15, -0.1) is 11.3 Å². The molecule has 0 saturated carbocycles. The van der Waals surface area contributed by atoms with Crippen LogP contribution in [0, 0.1) is 6.92 Å². The smallest absolute Gasteiger partial charge is 0.246 e. The van der Waals surface area contributed by atoms with E-state index in [1.54, 1.807) is 30.2 Å². The summed E-state index contributed by atoms with van der Waals surface area (Å²) in [5, 5.41) is 7.91. The van der Waals surface area contributed by atoms with Crippen molar-refractivity contribution in [3.63, 3.8) is 0 Å². The highest BCUT2D eigenvalue weighted by Gasteiger charge is 2.16. The molecule has 0 aliphatic heterocycles. The van der Waals surface area contributed by atoms with Gasteiger partial charge in [0, 0.05) is 18.5 Å². The fourth-order valence-corrected chi connectivity index (χ4v) is 3.18. The third kappa shape index (κ3) is 4.50. The molecule has 0 aliphatic rings. The zero-order valence-corrected chi connectivity index (χ0v) is 15.3. The molecule has 1 aromatic carbocycles. The van der Waals surface area contributed by atoms with Gasteiger partial charge in [0.2, 0.25) is 15.9 Å². The number of sulfonamides is 1.